The Labute approximate surface area is 174 Å². The molecule has 1 fully saturated rings. The number of hydrogen-bond acceptors (Lipinski definition) is 4. The number of rotatable bonds is 6. The van der Waals surface area contributed by atoms with E-state index in [-0.39, 0.29) is 17.6 Å². The van der Waals surface area contributed by atoms with Crippen molar-refractivity contribution in [2.24, 2.45) is 5.10 Å². The number of nitrogens with zero attached hydrogens (tertiary/aromatic N) is 3. The summed E-state index contributed by atoms with van der Waals surface area (Å²) in [5, 5.41) is 15.4. The van der Waals surface area contributed by atoms with Gasteiger partial charge in [0.2, 0.25) is 5.91 Å². The van der Waals surface area contributed by atoms with Gasteiger partial charge >= 0.3 is 0 Å². The van der Waals surface area contributed by atoms with E-state index in [0.717, 1.165) is 36.7 Å². The van der Waals surface area contributed by atoms with E-state index in [1.807, 2.05) is 30.3 Å². The molecule has 158 valence electrons. The number of carbonyl (C=O) groups excluding carboxylic acids is 1. The van der Waals surface area contributed by atoms with Gasteiger partial charge in [-0.3, -0.25) is 9.69 Å². The van der Waals surface area contributed by atoms with Crippen LogP contribution in [0.4, 0.5) is 8.78 Å². The van der Waals surface area contributed by atoms with Gasteiger partial charge in [-0.2, -0.15) is 5.10 Å². The van der Waals surface area contributed by atoms with E-state index in [1.165, 1.54) is 11.9 Å². The third-order valence-corrected chi connectivity index (χ3v) is 5.94. The number of aliphatic hydroxyl groups is 1. The van der Waals surface area contributed by atoms with Crippen molar-refractivity contribution in [2.45, 2.75) is 37.8 Å². The van der Waals surface area contributed by atoms with E-state index in [0.29, 0.717) is 31.6 Å². The van der Waals surface area contributed by atoms with Crippen molar-refractivity contribution in [3.05, 3.63) is 71.3 Å². The molecular weight excluding hydrogens is 388 g/mol. The summed E-state index contributed by atoms with van der Waals surface area (Å²) in [6.07, 6.45) is 1.44. The molecule has 5 nitrogen and oxygen atoms in total. The van der Waals surface area contributed by atoms with Crippen molar-refractivity contribution >= 4 is 11.6 Å². The molecule has 0 spiro atoms. The molecule has 0 aromatic heterocycles. The molecule has 0 aliphatic carbocycles. The maximum absolute atomic E-state index is 14.5. The Hall–Kier alpha value is -2.64. The SMILES string of the molecule is CC(=O)N1N=C(c2cc(F)ccc2F)C[C@@]1(CCCN1CC(O)C1)c1ccccc1. The van der Waals surface area contributed by atoms with E-state index < -0.39 is 17.2 Å². The molecule has 1 saturated heterocycles. The lowest BCUT2D eigenvalue weighted by Gasteiger charge is -2.39. The highest BCUT2D eigenvalue weighted by Gasteiger charge is 2.46. The van der Waals surface area contributed by atoms with Crippen LogP contribution >= 0.6 is 0 Å². The first-order valence-corrected chi connectivity index (χ1v) is 10.2. The molecule has 2 aromatic carbocycles. The second-order valence-corrected chi connectivity index (χ2v) is 8.09. The highest BCUT2D eigenvalue weighted by molar-refractivity contribution is 6.03. The molecule has 0 radical (unpaired) electrons. The fraction of sp³-hybridized carbons (Fsp3) is 0.391. The minimum atomic E-state index is -0.759. The van der Waals surface area contributed by atoms with Crippen LogP contribution < -0.4 is 0 Å². The van der Waals surface area contributed by atoms with E-state index in [9.17, 15) is 18.7 Å². The average molecular weight is 413 g/mol. The lowest BCUT2D eigenvalue weighted by atomic mass is 9.80. The van der Waals surface area contributed by atoms with Crippen LogP contribution in [0.1, 0.15) is 37.3 Å². The zero-order valence-electron chi connectivity index (χ0n) is 16.9. The molecule has 2 aliphatic rings. The number of hydrogen-bond donors (Lipinski definition) is 1. The first-order valence-electron chi connectivity index (χ1n) is 10.2. The topological polar surface area (TPSA) is 56.1 Å². The highest BCUT2D eigenvalue weighted by Crippen LogP contribution is 2.43. The number of aliphatic hydroxyl groups excluding tert-OH is 1. The van der Waals surface area contributed by atoms with E-state index >= 15 is 0 Å². The quantitative estimate of drug-likeness (QED) is 0.791. The molecule has 0 saturated carbocycles. The zero-order chi connectivity index (χ0) is 21.3. The van der Waals surface area contributed by atoms with Crippen LogP contribution in [-0.2, 0) is 10.3 Å². The Morgan fingerprint density at radius 3 is 2.60 bits per heavy atom. The average Bonchev–Trinajstić information content (AvgIpc) is 3.10. The van der Waals surface area contributed by atoms with Crippen LogP contribution in [0.15, 0.2) is 53.6 Å². The van der Waals surface area contributed by atoms with Crippen LogP contribution in [0.3, 0.4) is 0 Å². The second-order valence-electron chi connectivity index (χ2n) is 8.09. The van der Waals surface area contributed by atoms with E-state index in [2.05, 4.69) is 10.0 Å². The van der Waals surface area contributed by atoms with Gasteiger partial charge in [0.25, 0.3) is 0 Å². The van der Waals surface area contributed by atoms with Crippen molar-refractivity contribution in [3.8, 4) is 0 Å². The van der Waals surface area contributed by atoms with E-state index in [1.54, 1.807) is 0 Å². The first kappa shape index (κ1) is 20.6. The van der Waals surface area contributed by atoms with Crippen molar-refractivity contribution < 1.29 is 18.7 Å². The van der Waals surface area contributed by atoms with Gasteiger partial charge in [-0.15, -0.1) is 0 Å². The Morgan fingerprint density at radius 2 is 1.93 bits per heavy atom. The Morgan fingerprint density at radius 1 is 1.20 bits per heavy atom. The monoisotopic (exact) mass is 413 g/mol. The molecule has 2 aromatic rings. The van der Waals surface area contributed by atoms with Crippen LogP contribution in [-0.4, -0.2) is 52.4 Å². The van der Waals surface area contributed by atoms with Crippen LogP contribution in [0.25, 0.3) is 0 Å². The predicted molar refractivity (Wildman–Crippen MR) is 110 cm³/mol. The summed E-state index contributed by atoms with van der Waals surface area (Å²) >= 11 is 0. The minimum Gasteiger partial charge on any atom is -0.390 e. The highest BCUT2D eigenvalue weighted by atomic mass is 19.1. The van der Waals surface area contributed by atoms with Crippen LogP contribution in [0, 0.1) is 11.6 Å². The third-order valence-electron chi connectivity index (χ3n) is 5.94. The molecule has 7 heteroatoms. The molecule has 0 unspecified atom stereocenters. The zero-order valence-corrected chi connectivity index (χ0v) is 16.9. The van der Waals surface area contributed by atoms with Gasteiger partial charge < -0.3 is 5.11 Å². The third kappa shape index (κ3) is 3.87. The maximum atomic E-state index is 14.5. The van der Waals surface area contributed by atoms with Crippen molar-refractivity contribution in [2.75, 3.05) is 19.6 Å². The van der Waals surface area contributed by atoms with Crippen molar-refractivity contribution in [3.63, 3.8) is 0 Å². The molecule has 4 rings (SSSR count). The smallest absolute Gasteiger partial charge is 0.240 e. The normalized spacial score (nSPS) is 22.1. The van der Waals surface area contributed by atoms with E-state index in [4.69, 9.17) is 0 Å². The number of carbonyl (C=O) groups is 1. The van der Waals surface area contributed by atoms with Crippen molar-refractivity contribution in [1.82, 2.24) is 9.91 Å². The van der Waals surface area contributed by atoms with Crippen LogP contribution in [0.5, 0.6) is 0 Å². The molecule has 1 amide bonds. The van der Waals surface area contributed by atoms with Gasteiger partial charge in [0, 0.05) is 32.0 Å². The largest absolute Gasteiger partial charge is 0.390 e. The predicted octanol–water partition coefficient (Wildman–Crippen LogP) is 3.27. The summed E-state index contributed by atoms with van der Waals surface area (Å²) in [5.41, 5.74) is 0.611. The Balaban J connectivity index is 1.67. The number of β-amino-alcohol motifs (C(OH)–C–C–N with tert-alkyl or cyclic N) is 1. The Kier molecular flexibility index (Phi) is 5.66. The fourth-order valence-electron chi connectivity index (χ4n) is 4.47. The fourth-order valence-corrected chi connectivity index (χ4v) is 4.47. The number of likely N-dealkylation sites (tertiary alicyclic amines) is 1. The molecule has 0 bridgehead atoms. The van der Waals surface area contributed by atoms with Gasteiger partial charge in [-0.1, -0.05) is 30.3 Å². The standard InChI is InChI=1S/C23H25F2N3O2/c1-16(29)28-23(17-6-3-2-4-7-17,10-5-11-27-14-19(30)15-27)13-22(26-28)20-12-18(24)8-9-21(20)25/h2-4,6-9,12,19,30H,5,10-11,13-15H2,1H3/t23-/m0/s1. The van der Waals surface area contributed by atoms with Crippen LogP contribution in [0.2, 0.25) is 0 Å². The summed E-state index contributed by atoms with van der Waals surface area (Å²) in [4.78, 5) is 14.7. The molecule has 2 heterocycles. The second kappa shape index (κ2) is 8.24. The molecule has 30 heavy (non-hydrogen) atoms. The number of benzene rings is 2. The summed E-state index contributed by atoms with van der Waals surface area (Å²) in [5.74, 6) is -1.35. The number of hydrazone groups is 1. The molecule has 1 atom stereocenters. The Bertz CT molecular complexity index is 960. The van der Waals surface area contributed by atoms with Crippen molar-refractivity contribution in [1.29, 1.82) is 0 Å². The van der Waals surface area contributed by atoms with Gasteiger partial charge in [0.15, 0.2) is 0 Å². The summed E-state index contributed by atoms with van der Waals surface area (Å²) in [6, 6.07) is 12.9. The molecular formula is C23H25F2N3O2. The number of amides is 1. The summed E-state index contributed by atoms with van der Waals surface area (Å²) in [7, 11) is 0. The van der Waals surface area contributed by atoms with Gasteiger partial charge in [-0.25, -0.2) is 13.8 Å². The van der Waals surface area contributed by atoms with Gasteiger partial charge in [-0.05, 0) is 43.1 Å². The minimum absolute atomic E-state index is 0.0879. The van der Waals surface area contributed by atoms with Gasteiger partial charge in [0.1, 0.15) is 11.6 Å². The number of halogens is 2. The summed E-state index contributed by atoms with van der Waals surface area (Å²) < 4.78 is 28.3. The first-order chi connectivity index (χ1) is 14.4. The molecule has 2 aliphatic heterocycles. The summed E-state index contributed by atoms with van der Waals surface area (Å²) in [6.45, 7) is 3.55. The maximum Gasteiger partial charge on any atom is 0.240 e. The van der Waals surface area contributed by atoms with Gasteiger partial charge in [0.05, 0.1) is 17.4 Å². The molecule has 1 N–H and O–H groups in total. The lowest BCUT2D eigenvalue weighted by Crippen LogP contribution is -2.51. The lowest BCUT2D eigenvalue weighted by molar-refractivity contribution is -0.135.